The number of benzene rings is 2. The van der Waals surface area contributed by atoms with Gasteiger partial charge in [0.1, 0.15) is 30.7 Å². The Hall–Kier alpha value is -3.70. The molecular formula is C32H31ClF6N6O2. The van der Waals surface area contributed by atoms with Gasteiger partial charge >= 0.3 is 12.2 Å². The van der Waals surface area contributed by atoms with Crippen LogP contribution in [0.5, 0.6) is 11.8 Å². The first-order valence-electron chi connectivity index (χ1n) is 15.4. The summed E-state index contributed by atoms with van der Waals surface area (Å²) in [4.78, 5) is 12.8. The van der Waals surface area contributed by atoms with E-state index in [4.69, 9.17) is 26.8 Å². The maximum Gasteiger partial charge on any atom is 0.417 e. The Morgan fingerprint density at radius 2 is 2.00 bits per heavy atom. The van der Waals surface area contributed by atoms with Crippen LogP contribution in [0.15, 0.2) is 6.07 Å². The van der Waals surface area contributed by atoms with Gasteiger partial charge in [0.15, 0.2) is 17.4 Å². The topological polar surface area (TPSA) is 101 Å². The first-order valence-corrected chi connectivity index (χ1v) is 15.8. The van der Waals surface area contributed by atoms with Gasteiger partial charge in [-0.05, 0) is 57.2 Å². The van der Waals surface area contributed by atoms with Crippen LogP contribution in [-0.4, -0.2) is 65.5 Å². The summed E-state index contributed by atoms with van der Waals surface area (Å²) in [7, 11) is 0. The molecule has 0 amide bonds. The highest BCUT2D eigenvalue weighted by molar-refractivity contribution is 6.36. The standard InChI is InChI=1S/C32H31ClF6N6O2/c1-14-6-19(41)25(35)20(23(14)32(37,38)39)21-24(33)28-22-27(26(21)36)42-30(47-13-31-4-3-5-44(31)11-18(34)8-31)43-29(22)45(15(2)12-46-28)10-17-7-16(17)9-40/h6,15-18H,3-5,7-8,10-13,41H2,1-2H3/t15?,16?,17?,18-,31+/m1/s1. The number of hydrogen-bond acceptors (Lipinski definition) is 8. The fraction of sp³-hybridized carbons (Fsp3) is 0.531. The number of hydrogen-bond donors (Lipinski definition) is 1. The molecule has 4 heterocycles. The largest absolute Gasteiger partial charge is 0.489 e. The molecule has 1 saturated carbocycles. The van der Waals surface area contributed by atoms with Crippen molar-refractivity contribution >= 4 is 34.0 Å². The summed E-state index contributed by atoms with van der Waals surface area (Å²) in [5, 5.41) is 8.82. The quantitative estimate of drug-likeness (QED) is 0.223. The second-order valence-corrected chi connectivity index (χ2v) is 13.5. The predicted octanol–water partition coefficient (Wildman–Crippen LogP) is 6.84. The first-order chi connectivity index (χ1) is 22.2. The van der Waals surface area contributed by atoms with Gasteiger partial charge in [0, 0.05) is 30.6 Å². The monoisotopic (exact) mass is 680 g/mol. The van der Waals surface area contributed by atoms with E-state index < -0.39 is 74.0 Å². The third-order valence-electron chi connectivity index (χ3n) is 9.99. The number of nitriles is 1. The minimum Gasteiger partial charge on any atom is -0.489 e. The molecule has 47 heavy (non-hydrogen) atoms. The summed E-state index contributed by atoms with van der Waals surface area (Å²) in [6.07, 6.45) is -3.73. The maximum atomic E-state index is 16.9. The van der Waals surface area contributed by atoms with E-state index in [0.717, 1.165) is 19.4 Å². The number of ether oxygens (including phenoxy) is 2. The number of anilines is 2. The lowest BCUT2D eigenvalue weighted by Crippen LogP contribution is -2.43. The lowest BCUT2D eigenvalue weighted by atomic mass is 9.92. The van der Waals surface area contributed by atoms with Gasteiger partial charge in [0.05, 0.1) is 45.2 Å². The Kier molecular flexibility index (Phi) is 7.59. The van der Waals surface area contributed by atoms with Crippen molar-refractivity contribution in [2.75, 3.05) is 43.5 Å². The van der Waals surface area contributed by atoms with E-state index in [1.54, 1.807) is 0 Å². The summed E-state index contributed by atoms with van der Waals surface area (Å²) >= 11 is 6.70. The zero-order valence-electron chi connectivity index (χ0n) is 25.5. The molecule has 15 heteroatoms. The molecular weight excluding hydrogens is 650 g/mol. The molecule has 4 aliphatic rings. The second-order valence-electron chi connectivity index (χ2n) is 13.1. The van der Waals surface area contributed by atoms with Crippen molar-refractivity contribution in [1.29, 1.82) is 5.26 Å². The molecule has 250 valence electrons. The minimum absolute atomic E-state index is 0.000260. The maximum absolute atomic E-state index is 16.9. The number of fused-ring (bicyclic) bond motifs is 1. The number of aryl methyl sites for hydroxylation is 1. The average molecular weight is 681 g/mol. The van der Waals surface area contributed by atoms with Crippen molar-refractivity contribution in [2.45, 2.75) is 63.5 Å². The SMILES string of the molecule is Cc1cc(N)c(F)c(-c2c(Cl)c3c4c(nc(OC[C@@]56CCCN5C[C@H](F)C6)nc4c2F)N(CC2CC2C#N)C(C)CO3)c1C(F)(F)F. The minimum atomic E-state index is -5.10. The number of nitrogens with two attached hydrogens (primary N) is 1. The van der Waals surface area contributed by atoms with E-state index in [0.29, 0.717) is 25.9 Å². The number of alkyl halides is 4. The van der Waals surface area contributed by atoms with Crippen LogP contribution in [0.1, 0.15) is 43.7 Å². The van der Waals surface area contributed by atoms with Crippen molar-refractivity contribution < 1.29 is 35.8 Å². The van der Waals surface area contributed by atoms with Gasteiger partial charge in [0.25, 0.3) is 0 Å². The molecule has 2 N–H and O–H groups in total. The number of aromatic nitrogens is 2. The van der Waals surface area contributed by atoms with Crippen molar-refractivity contribution in [1.82, 2.24) is 14.9 Å². The van der Waals surface area contributed by atoms with Crippen LogP contribution < -0.4 is 20.1 Å². The Labute approximate surface area is 271 Å². The van der Waals surface area contributed by atoms with Gasteiger partial charge in [-0.2, -0.15) is 28.4 Å². The van der Waals surface area contributed by atoms with Crippen LogP contribution >= 0.6 is 11.6 Å². The smallest absolute Gasteiger partial charge is 0.417 e. The fourth-order valence-electron chi connectivity index (χ4n) is 7.56. The molecule has 2 aromatic carbocycles. The van der Waals surface area contributed by atoms with Crippen LogP contribution in [0, 0.1) is 41.7 Å². The van der Waals surface area contributed by atoms with Gasteiger partial charge in [-0.15, -0.1) is 0 Å². The predicted molar refractivity (Wildman–Crippen MR) is 162 cm³/mol. The Balaban J connectivity index is 1.45. The Morgan fingerprint density at radius 1 is 1.23 bits per heavy atom. The van der Waals surface area contributed by atoms with Gasteiger partial charge < -0.3 is 20.1 Å². The van der Waals surface area contributed by atoms with E-state index in [1.807, 2.05) is 16.7 Å². The molecule has 1 aromatic heterocycles. The van der Waals surface area contributed by atoms with E-state index in [1.165, 1.54) is 0 Å². The lowest BCUT2D eigenvalue weighted by Gasteiger charge is -2.31. The van der Waals surface area contributed by atoms with Crippen LogP contribution in [0.3, 0.4) is 0 Å². The molecule has 0 radical (unpaired) electrons. The highest BCUT2D eigenvalue weighted by Crippen LogP contribution is 2.53. The van der Waals surface area contributed by atoms with Crippen molar-refractivity contribution in [3.05, 3.63) is 33.9 Å². The molecule has 7 rings (SSSR count). The normalized spacial score (nSPS) is 27.0. The molecule has 0 spiro atoms. The highest BCUT2D eigenvalue weighted by atomic mass is 35.5. The van der Waals surface area contributed by atoms with Gasteiger partial charge in [-0.25, -0.2) is 13.2 Å². The number of nitrogen functional groups attached to an aromatic ring is 1. The molecule has 3 fully saturated rings. The van der Waals surface area contributed by atoms with E-state index in [-0.39, 0.29) is 61.0 Å². The molecule has 3 aromatic rings. The Bertz CT molecular complexity index is 1840. The molecule has 0 bridgehead atoms. The zero-order chi connectivity index (χ0) is 33.6. The van der Waals surface area contributed by atoms with Crippen LogP contribution in [0.4, 0.5) is 37.8 Å². The van der Waals surface area contributed by atoms with E-state index >= 15 is 8.78 Å². The molecule has 2 saturated heterocycles. The molecule has 3 unspecified atom stereocenters. The molecule has 1 aliphatic carbocycles. The van der Waals surface area contributed by atoms with Crippen LogP contribution in [0.2, 0.25) is 5.02 Å². The summed E-state index contributed by atoms with van der Waals surface area (Å²) in [6.45, 7) is 4.17. The first kappa shape index (κ1) is 31.9. The number of halogens is 7. The zero-order valence-corrected chi connectivity index (χ0v) is 26.3. The fourth-order valence-corrected chi connectivity index (χ4v) is 7.89. The lowest BCUT2D eigenvalue weighted by molar-refractivity contribution is -0.137. The van der Waals surface area contributed by atoms with Crippen LogP contribution in [0.25, 0.3) is 22.0 Å². The molecule has 3 aliphatic heterocycles. The van der Waals surface area contributed by atoms with Gasteiger partial charge in [-0.1, -0.05) is 11.6 Å². The summed E-state index contributed by atoms with van der Waals surface area (Å²) in [5.74, 6) is -3.10. The summed E-state index contributed by atoms with van der Waals surface area (Å²) in [5.41, 5.74) is 0.0978. The van der Waals surface area contributed by atoms with Gasteiger partial charge in [-0.3, -0.25) is 4.90 Å². The highest BCUT2D eigenvalue weighted by Gasteiger charge is 2.50. The Morgan fingerprint density at radius 3 is 2.70 bits per heavy atom. The average Bonchev–Trinajstić information content (AvgIpc) is 3.58. The second kappa shape index (κ2) is 11.2. The molecule has 5 atom stereocenters. The third kappa shape index (κ3) is 5.17. The van der Waals surface area contributed by atoms with E-state index in [2.05, 4.69) is 16.0 Å². The molecule has 8 nitrogen and oxygen atoms in total. The van der Waals surface area contributed by atoms with Crippen molar-refractivity contribution in [2.24, 2.45) is 11.8 Å². The van der Waals surface area contributed by atoms with E-state index in [9.17, 15) is 22.8 Å². The number of rotatable bonds is 6. The van der Waals surface area contributed by atoms with Gasteiger partial charge in [0.2, 0.25) is 0 Å². The summed E-state index contributed by atoms with van der Waals surface area (Å²) in [6, 6.07) is 2.37. The summed E-state index contributed by atoms with van der Waals surface area (Å²) < 4.78 is 102. The van der Waals surface area contributed by atoms with Crippen molar-refractivity contribution in [3.8, 4) is 29.0 Å². The third-order valence-corrected chi connectivity index (χ3v) is 10.3. The van der Waals surface area contributed by atoms with Crippen molar-refractivity contribution in [3.63, 3.8) is 0 Å². The number of nitrogens with zero attached hydrogens (tertiary/aromatic N) is 5. The van der Waals surface area contributed by atoms with Crippen LogP contribution in [-0.2, 0) is 6.18 Å².